The van der Waals surface area contributed by atoms with Crippen LogP contribution in [0.2, 0.25) is 0 Å². The van der Waals surface area contributed by atoms with E-state index in [0.29, 0.717) is 16.6 Å². The Bertz CT molecular complexity index is 906. The number of hydrogen-bond acceptors (Lipinski definition) is 3. The molecule has 2 aromatic carbocycles. The molecule has 0 saturated heterocycles. The Morgan fingerprint density at radius 2 is 1.84 bits per heavy atom. The topological polar surface area (TPSA) is 80.5 Å². The van der Waals surface area contributed by atoms with Crippen LogP contribution in [0, 0.1) is 6.92 Å². The second kappa shape index (κ2) is 6.90. The number of halogens is 1. The van der Waals surface area contributed by atoms with Crippen molar-refractivity contribution >= 4 is 31.9 Å². The predicted octanol–water partition coefficient (Wildman–Crippen LogP) is 3.21. The molecular weight excluding hydrogens is 404 g/mol. The van der Waals surface area contributed by atoms with Crippen molar-refractivity contribution in [1.82, 2.24) is 4.90 Å². The number of benzene rings is 2. The summed E-state index contributed by atoms with van der Waals surface area (Å²) in [7, 11) is -3.86. The van der Waals surface area contributed by atoms with Gasteiger partial charge in [0.2, 0.25) is 10.0 Å². The molecule has 0 unspecified atom stereocenters. The normalized spacial score (nSPS) is 14.4. The third-order valence-corrected chi connectivity index (χ3v) is 5.82. The molecule has 132 valence electrons. The van der Waals surface area contributed by atoms with E-state index >= 15 is 0 Å². The van der Waals surface area contributed by atoms with Gasteiger partial charge >= 0.3 is 0 Å². The van der Waals surface area contributed by atoms with Crippen molar-refractivity contribution < 1.29 is 13.2 Å². The molecule has 1 fully saturated rings. The van der Waals surface area contributed by atoms with Crippen molar-refractivity contribution in [2.24, 2.45) is 5.14 Å². The lowest BCUT2D eigenvalue weighted by Gasteiger charge is -2.23. The molecule has 0 bridgehead atoms. The summed E-state index contributed by atoms with van der Waals surface area (Å²) in [5.41, 5.74) is 2.52. The Morgan fingerprint density at radius 1 is 1.20 bits per heavy atom. The van der Waals surface area contributed by atoms with E-state index in [-0.39, 0.29) is 16.8 Å². The van der Waals surface area contributed by atoms with Gasteiger partial charge in [-0.15, -0.1) is 0 Å². The fourth-order valence-corrected chi connectivity index (χ4v) is 3.60. The van der Waals surface area contributed by atoms with E-state index in [2.05, 4.69) is 15.9 Å². The van der Waals surface area contributed by atoms with E-state index < -0.39 is 10.0 Å². The van der Waals surface area contributed by atoms with Crippen molar-refractivity contribution in [1.29, 1.82) is 0 Å². The number of rotatable bonds is 5. The van der Waals surface area contributed by atoms with E-state index in [1.165, 1.54) is 12.1 Å². The summed E-state index contributed by atoms with van der Waals surface area (Å²) >= 11 is 3.35. The Balaban J connectivity index is 1.92. The van der Waals surface area contributed by atoms with E-state index in [9.17, 15) is 13.2 Å². The zero-order chi connectivity index (χ0) is 18.2. The number of aryl methyl sites for hydroxylation is 1. The zero-order valence-electron chi connectivity index (χ0n) is 13.8. The molecule has 3 rings (SSSR count). The Morgan fingerprint density at radius 3 is 2.40 bits per heavy atom. The van der Waals surface area contributed by atoms with Crippen molar-refractivity contribution in [3.05, 3.63) is 63.6 Å². The van der Waals surface area contributed by atoms with Gasteiger partial charge in [-0.05, 0) is 59.5 Å². The minimum absolute atomic E-state index is 0.0647. The maximum absolute atomic E-state index is 13.1. The second-order valence-corrected chi connectivity index (χ2v) is 8.75. The van der Waals surface area contributed by atoms with E-state index in [1.54, 1.807) is 11.0 Å². The van der Waals surface area contributed by atoms with Gasteiger partial charge in [0.15, 0.2) is 0 Å². The molecule has 0 heterocycles. The van der Waals surface area contributed by atoms with Gasteiger partial charge in [0, 0.05) is 17.1 Å². The smallest absolute Gasteiger partial charge is 0.255 e. The van der Waals surface area contributed by atoms with Gasteiger partial charge in [0.25, 0.3) is 5.91 Å². The molecule has 1 aliphatic carbocycles. The molecule has 0 atom stereocenters. The molecule has 1 aliphatic rings. The monoisotopic (exact) mass is 422 g/mol. The van der Waals surface area contributed by atoms with Gasteiger partial charge in [-0.1, -0.05) is 29.8 Å². The van der Waals surface area contributed by atoms with Crippen molar-refractivity contribution in [3.63, 3.8) is 0 Å². The van der Waals surface area contributed by atoms with Gasteiger partial charge < -0.3 is 4.90 Å². The van der Waals surface area contributed by atoms with Crippen LogP contribution in [-0.2, 0) is 16.6 Å². The van der Waals surface area contributed by atoms with Gasteiger partial charge in [-0.25, -0.2) is 13.6 Å². The van der Waals surface area contributed by atoms with Crippen LogP contribution in [-0.4, -0.2) is 25.3 Å². The Labute approximate surface area is 156 Å². The molecule has 7 heteroatoms. The molecule has 0 aromatic heterocycles. The number of hydrogen-bond donors (Lipinski definition) is 1. The predicted molar refractivity (Wildman–Crippen MR) is 99.6 cm³/mol. The summed E-state index contributed by atoms with van der Waals surface area (Å²) in [5, 5.41) is 5.19. The number of nitrogens with zero attached hydrogens (tertiary/aromatic N) is 1. The SMILES string of the molecule is Cc1ccc(CN(C(=O)c2cc(S(N)(=O)=O)ccc2Br)C2CC2)cc1. The van der Waals surface area contributed by atoms with Gasteiger partial charge in [0.05, 0.1) is 10.5 Å². The first-order valence-electron chi connectivity index (χ1n) is 7.94. The average Bonchev–Trinajstić information content (AvgIpc) is 3.38. The van der Waals surface area contributed by atoms with E-state index in [0.717, 1.165) is 24.0 Å². The quantitative estimate of drug-likeness (QED) is 0.802. The van der Waals surface area contributed by atoms with Crippen molar-refractivity contribution in [2.75, 3.05) is 0 Å². The molecule has 1 amide bonds. The van der Waals surface area contributed by atoms with Crippen LogP contribution >= 0.6 is 15.9 Å². The number of sulfonamides is 1. The highest BCUT2D eigenvalue weighted by Gasteiger charge is 2.34. The van der Waals surface area contributed by atoms with Crippen LogP contribution in [0.4, 0.5) is 0 Å². The lowest BCUT2D eigenvalue weighted by atomic mass is 10.1. The average molecular weight is 423 g/mol. The van der Waals surface area contributed by atoms with Crippen molar-refractivity contribution in [3.8, 4) is 0 Å². The third-order valence-electron chi connectivity index (χ3n) is 4.22. The first kappa shape index (κ1) is 18.1. The number of carbonyl (C=O) groups excluding carboxylic acids is 1. The molecule has 2 aromatic rings. The summed E-state index contributed by atoms with van der Waals surface area (Å²) in [6.45, 7) is 2.51. The van der Waals surface area contributed by atoms with Crippen LogP contribution in [0.3, 0.4) is 0 Å². The van der Waals surface area contributed by atoms with Crippen LogP contribution in [0.25, 0.3) is 0 Å². The Kier molecular flexibility index (Phi) is 4.99. The van der Waals surface area contributed by atoms with Crippen molar-refractivity contribution in [2.45, 2.75) is 37.2 Å². The first-order chi connectivity index (χ1) is 11.8. The van der Waals surface area contributed by atoms with Gasteiger partial charge in [0.1, 0.15) is 0 Å². The highest BCUT2D eigenvalue weighted by molar-refractivity contribution is 9.10. The summed E-state index contributed by atoms with van der Waals surface area (Å²) in [6, 6.07) is 12.5. The summed E-state index contributed by atoms with van der Waals surface area (Å²) in [6.07, 6.45) is 1.92. The molecule has 0 radical (unpaired) electrons. The van der Waals surface area contributed by atoms with Crippen LogP contribution in [0.15, 0.2) is 51.8 Å². The first-order valence-corrected chi connectivity index (χ1v) is 10.3. The molecule has 1 saturated carbocycles. The second-order valence-electron chi connectivity index (χ2n) is 6.34. The summed E-state index contributed by atoms with van der Waals surface area (Å²) in [5.74, 6) is -0.194. The molecule has 5 nitrogen and oxygen atoms in total. The highest BCUT2D eigenvalue weighted by Crippen LogP contribution is 2.32. The fraction of sp³-hybridized carbons (Fsp3) is 0.278. The number of nitrogens with two attached hydrogens (primary N) is 1. The Hall–Kier alpha value is -1.70. The van der Waals surface area contributed by atoms with Gasteiger partial charge in [-0.3, -0.25) is 4.79 Å². The zero-order valence-corrected chi connectivity index (χ0v) is 16.2. The summed E-state index contributed by atoms with van der Waals surface area (Å²) < 4.78 is 23.7. The largest absolute Gasteiger partial charge is 0.331 e. The third kappa shape index (κ3) is 4.29. The van der Waals surface area contributed by atoms with Crippen LogP contribution in [0.5, 0.6) is 0 Å². The lowest BCUT2D eigenvalue weighted by molar-refractivity contribution is 0.0728. The number of primary sulfonamides is 1. The minimum Gasteiger partial charge on any atom is -0.331 e. The number of amides is 1. The lowest BCUT2D eigenvalue weighted by Crippen LogP contribution is -2.33. The molecule has 0 aliphatic heterocycles. The highest BCUT2D eigenvalue weighted by atomic mass is 79.9. The van der Waals surface area contributed by atoms with Crippen LogP contribution in [0.1, 0.15) is 34.3 Å². The van der Waals surface area contributed by atoms with E-state index in [4.69, 9.17) is 5.14 Å². The molecule has 2 N–H and O–H groups in total. The maximum Gasteiger partial charge on any atom is 0.255 e. The van der Waals surface area contributed by atoms with Gasteiger partial charge in [-0.2, -0.15) is 0 Å². The maximum atomic E-state index is 13.1. The van der Waals surface area contributed by atoms with Crippen LogP contribution < -0.4 is 5.14 Å². The van der Waals surface area contributed by atoms with E-state index in [1.807, 2.05) is 31.2 Å². The minimum atomic E-state index is -3.86. The molecular formula is C18H19BrN2O3S. The summed E-state index contributed by atoms with van der Waals surface area (Å²) in [4.78, 5) is 14.8. The molecule has 0 spiro atoms. The standard InChI is InChI=1S/C18H19BrN2O3S/c1-12-2-4-13(5-3-12)11-21(14-6-7-14)18(22)16-10-15(25(20,23)24)8-9-17(16)19/h2-5,8-10,14H,6-7,11H2,1H3,(H2,20,23,24). The molecule has 25 heavy (non-hydrogen) atoms. The number of carbonyl (C=O) groups is 1. The fourth-order valence-electron chi connectivity index (χ4n) is 2.64.